The third kappa shape index (κ3) is 5.38. The van der Waals surface area contributed by atoms with Crippen LogP contribution in [0.3, 0.4) is 0 Å². The molecule has 7 nitrogen and oxygen atoms in total. The Morgan fingerprint density at radius 3 is 2.52 bits per heavy atom. The number of carbonyl (C=O) groups is 2. The fourth-order valence-corrected chi connectivity index (χ4v) is 2.86. The number of nitrogens with zero attached hydrogens (tertiary/aromatic N) is 2. The van der Waals surface area contributed by atoms with Crippen molar-refractivity contribution in [1.82, 2.24) is 20.2 Å². The van der Waals surface area contributed by atoms with Gasteiger partial charge in [-0.2, -0.15) is 0 Å². The van der Waals surface area contributed by atoms with Crippen LogP contribution >= 0.6 is 0 Å². The van der Waals surface area contributed by atoms with E-state index in [0.717, 1.165) is 11.3 Å². The van der Waals surface area contributed by atoms with Gasteiger partial charge in [-0.15, -0.1) is 0 Å². The molecule has 0 unspecified atom stereocenters. The molecule has 0 saturated heterocycles. The highest BCUT2D eigenvalue weighted by Gasteiger charge is 2.15. The van der Waals surface area contributed by atoms with Crippen LogP contribution in [-0.4, -0.2) is 21.4 Å². The SMILES string of the molecule is C[C@@H](NC(=O)Cn1cccc(C(=O)NCc2ccccc2)c1=O)c1ccccn1. The first-order valence-corrected chi connectivity index (χ1v) is 9.26. The van der Waals surface area contributed by atoms with E-state index in [2.05, 4.69) is 15.6 Å². The van der Waals surface area contributed by atoms with Crippen LogP contribution in [0.2, 0.25) is 0 Å². The fourth-order valence-electron chi connectivity index (χ4n) is 2.86. The molecule has 0 spiro atoms. The highest BCUT2D eigenvalue weighted by atomic mass is 16.2. The van der Waals surface area contributed by atoms with Crippen molar-refractivity contribution in [3.63, 3.8) is 0 Å². The summed E-state index contributed by atoms with van der Waals surface area (Å²) in [5.41, 5.74) is 1.13. The van der Waals surface area contributed by atoms with Crippen molar-refractivity contribution in [2.75, 3.05) is 0 Å². The third-order valence-electron chi connectivity index (χ3n) is 4.38. The van der Waals surface area contributed by atoms with Crippen LogP contribution in [0, 0.1) is 0 Å². The van der Waals surface area contributed by atoms with Crippen LogP contribution < -0.4 is 16.2 Å². The largest absolute Gasteiger partial charge is 0.348 e. The maximum absolute atomic E-state index is 12.6. The van der Waals surface area contributed by atoms with Crippen LogP contribution in [-0.2, 0) is 17.9 Å². The van der Waals surface area contributed by atoms with Gasteiger partial charge in [0.1, 0.15) is 12.1 Å². The number of aromatic nitrogens is 2. The summed E-state index contributed by atoms with van der Waals surface area (Å²) in [7, 11) is 0. The van der Waals surface area contributed by atoms with Gasteiger partial charge in [0.25, 0.3) is 11.5 Å². The number of benzene rings is 1. The standard InChI is InChI=1S/C22H22N4O3/c1-16(19-11-5-6-12-23-19)25-20(27)15-26-13-7-10-18(22(26)29)21(28)24-14-17-8-3-2-4-9-17/h2-13,16H,14-15H2,1H3,(H,24,28)(H,25,27)/t16-/m1/s1. The first-order valence-electron chi connectivity index (χ1n) is 9.26. The van der Waals surface area contributed by atoms with E-state index in [4.69, 9.17) is 0 Å². The molecule has 3 rings (SSSR count). The molecule has 0 bridgehead atoms. The summed E-state index contributed by atoms with van der Waals surface area (Å²) in [6.45, 7) is 1.95. The van der Waals surface area contributed by atoms with Gasteiger partial charge in [0, 0.05) is 18.9 Å². The normalized spacial score (nSPS) is 11.5. The number of pyridine rings is 2. The van der Waals surface area contributed by atoms with Gasteiger partial charge in [-0.05, 0) is 36.8 Å². The van der Waals surface area contributed by atoms with Crippen molar-refractivity contribution in [3.05, 3.63) is 100 Å². The molecule has 2 N–H and O–H groups in total. The zero-order valence-electron chi connectivity index (χ0n) is 16.0. The van der Waals surface area contributed by atoms with E-state index in [0.29, 0.717) is 6.54 Å². The molecule has 29 heavy (non-hydrogen) atoms. The second-order valence-electron chi connectivity index (χ2n) is 6.57. The van der Waals surface area contributed by atoms with Crippen molar-refractivity contribution in [3.8, 4) is 0 Å². The topological polar surface area (TPSA) is 93.1 Å². The van der Waals surface area contributed by atoms with Crippen LogP contribution in [0.5, 0.6) is 0 Å². The number of carbonyl (C=O) groups excluding carboxylic acids is 2. The Morgan fingerprint density at radius 1 is 1.03 bits per heavy atom. The zero-order valence-corrected chi connectivity index (χ0v) is 16.0. The van der Waals surface area contributed by atoms with E-state index >= 15 is 0 Å². The molecule has 148 valence electrons. The van der Waals surface area contributed by atoms with Gasteiger partial charge < -0.3 is 15.2 Å². The summed E-state index contributed by atoms with van der Waals surface area (Å²) >= 11 is 0. The molecule has 7 heteroatoms. The third-order valence-corrected chi connectivity index (χ3v) is 4.38. The van der Waals surface area contributed by atoms with E-state index < -0.39 is 11.5 Å². The summed E-state index contributed by atoms with van der Waals surface area (Å²) in [6.07, 6.45) is 3.14. The predicted molar refractivity (Wildman–Crippen MR) is 109 cm³/mol. The van der Waals surface area contributed by atoms with Crippen molar-refractivity contribution in [2.24, 2.45) is 0 Å². The predicted octanol–water partition coefficient (Wildman–Crippen LogP) is 2.05. The smallest absolute Gasteiger partial charge is 0.263 e. The molecule has 0 aliphatic heterocycles. The van der Waals surface area contributed by atoms with Gasteiger partial charge in [-0.3, -0.25) is 19.4 Å². The second-order valence-corrected chi connectivity index (χ2v) is 6.57. The average molecular weight is 390 g/mol. The lowest BCUT2D eigenvalue weighted by atomic mass is 10.2. The minimum Gasteiger partial charge on any atom is -0.348 e. The number of rotatable bonds is 7. The lowest BCUT2D eigenvalue weighted by molar-refractivity contribution is -0.122. The Balaban J connectivity index is 1.64. The molecule has 0 aliphatic carbocycles. The monoisotopic (exact) mass is 390 g/mol. The Hall–Kier alpha value is -3.74. The van der Waals surface area contributed by atoms with Crippen molar-refractivity contribution in [2.45, 2.75) is 26.1 Å². The lowest BCUT2D eigenvalue weighted by Gasteiger charge is -2.14. The van der Waals surface area contributed by atoms with Crippen LogP contribution in [0.15, 0.2) is 77.9 Å². The molecule has 1 aromatic carbocycles. The molecule has 3 aromatic rings. The number of hydrogen-bond acceptors (Lipinski definition) is 4. The van der Waals surface area contributed by atoms with E-state index in [1.54, 1.807) is 18.3 Å². The van der Waals surface area contributed by atoms with Gasteiger partial charge in [0.15, 0.2) is 0 Å². The Labute approximate surface area is 168 Å². The molecule has 1 atom stereocenters. The summed E-state index contributed by atoms with van der Waals surface area (Å²) in [4.78, 5) is 41.6. The van der Waals surface area contributed by atoms with Gasteiger partial charge in [0.2, 0.25) is 5.91 Å². The average Bonchev–Trinajstić information content (AvgIpc) is 2.75. The minimum absolute atomic E-state index is 0.00555. The van der Waals surface area contributed by atoms with E-state index in [1.807, 2.05) is 49.4 Å². The molecule has 0 saturated carbocycles. The summed E-state index contributed by atoms with van der Waals surface area (Å²) in [5.74, 6) is -0.817. The zero-order chi connectivity index (χ0) is 20.6. The molecule has 0 aliphatic rings. The number of nitrogens with one attached hydrogen (secondary N) is 2. The van der Waals surface area contributed by atoms with Gasteiger partial charge in [-0.1, -0.05) is 36.4 Å². The lowest BCUT2D eigenvalue weighted by Crippen LogP contribution is -2.37. The number of hydrogen-bond donors (Lipinski definition) is 2. The van der Waals surface area contributed by atoms with Gasteiger partial charge in [0.05, 0.1) is 11.7 Å². The van der Waals surface area contributed by atoms with Crippen LogP contribution in [0.1, 0.15) is 34.6 Å². The van der Waals surface area contributed by atoms with Gasteiger partial charge >= 0.3 is 0 Å². The van der Waals surface area contributed by atoms with Crippen molar-refractivity contribution >= 4 is 11.8 Å². The van der Waals surface area contributed by atoms with Gasteiger partial charge in [-0.25, -0.2) is 0 Å². The van der Waals surface area contributed by atoms with Crippen molar-refractivity contribution in [1.29, 1.82) is 0 Å². The minimum atomic E-state index is -0.515. The van der Waals surface area contributed by atoms with Crippen molar-refractivity contribution < 1.29 is 9.59 Å². The van der Waals surface area contributed by atoms with Crippen LogP contribution in [0.4, 0.5) is 0 Å². The maximum Gasteiger partial charge on any atom is 0.263 e. The Morgan fingerprint density at radius 2 is 1.79 bits per heavy atom. The fraction of sp³-hybridized carbons (Fsp3) is 0.182. The summed E-state index contributed by atoms with van der Waals surface area (Å²) < 4.78 is 1.22. The highest BCUT2D eigenvalue weighted by Crippen LogP contribution is 2.07. The second kappa shape index (κ2) is 9.45. The quantitative estimate of drug-likeness (QED) is 0.646. The molecular formula is C22H22N4O3. The van der Waals surface area contributed by atoms with Crippen LogP contribution in [0.25, 0.3) is 0 Å². The highest BCUT2D eigenvalue weighted by molar-refractivity contribution is 5.93. The number of amides is 2. The summed E-state index contributed by atoms with van der Waals surface area (Å²) in [6, 6.07) is 17.6. The molecule has 0 radical (unpaired) electrons. The first-order chi connectivity index (χ1) is 14.0. The molecular weight excluding hydrogens is 368 g/mol. The summed E-state index contributed by atoms with van der Waals surface area (Å²) in [5, 5.41) is 5.53. The molecule has 2 heterocycles. The molecule has 0 fully saturated rings. The Bertz CT molecular complexity index is 1030. The van der Waals surface area contributed by atoms with E-state index in [1.165, 1.54) is 16.8 Å². The molecule has 2 amide bonds. The Kier molecular flexibility index (Phi) is 6.52. The first kappa shape index (κ1) is 20.0. The van der Waals surface area contributed by atoms with E-state index in [-0.39, 0.29) is 24.1 Å². The molecule has 2 aromatic heterocycles. The maximum atomic E-state index is 12.6. The van der Waals surface area contributed by atoms with E-state index in [9.17, 15) is 14.4 Å².